The van der Waals surface area contributed by atoms with E-state index < -0.39 is 0 Å². The topological polar surface area (TPSA) is 73.3 Å². The van der Waals surface area contributed by atoms with Gasteiger partial charge in [0.1, 0.15) is 0 Å². The molecule has 1 saturated carbocycles. The molecule has 1 aromatic rings. The van der Waals surface area contributed by atoms with Crippen LogP contribution in [0.25, 0.3) is 0 Å². The number of ether oxygens (including phenoxy) is 4. The van der Waals surface area contributed by atoms with Gasteiger partial charge < -0.3 is 29.6 Å². The van der Waals surface area contributed by atoms with Gasteiger partial charge in [-0.2, -0.15) is 0 Å². The fraction of sp³-hybridized carbons (Fsp3) is 0.682. The number of nitrogens with zero attached hydrogens (tertiary/aromatic N) is 1. The van der Waals surface area contributed by atoms with Gasteiger partial charge in [-0.3, -0.25) is 0 Å². The third kappa shape index (κ3) is 7.08. The fourth-order valence-electron chi connectivity index (χ4n) is 4.02. The molecule has 1 fully saturated rings. The van der Waals surface area contributed by atoms with Crippen LogP contribution in [-0.2, 0) is 11.3 Å². The van der Waals surface area contributed by atoms with Gasteiger partial charge in [-0.25, -0.2) is 4.99 Å². The molecule has 0 radical (unpaired) electrons. The van der Waals surface area contributed by atoms with Gasteiger partial charge in [0.2, 0.25) is 5.75 Å². The smallest absolute Gasteiger partial charge is 0.203 e. The quantitative estimate of drug-likeness (QED) is 0.254. The first-order valence-corrected chi connectivity index (χ1v) is 10.4. The number of nitrogens with one attached hydrogen (secondary N) is 2. The molecule has 30 heavy (non-hydrogen) atoms. The monoisotopic (exact) mass is 535 g/mol. The number of hydrogen-bond acceptors (Lipinski definition) is 5. The predicted octanol–water partition coefficient (Wildman–Crippen LogP) is 3.98. The summed E-state index contributed by atoms with van der Waals surface area (Å²) in [7, 11) is 6.64. The molecule has 0 aromatic heterocycles. The maximum atomic E-state index is 5.57. The summed E-state index contributed by atoms with van der Waals surface area (Å²) in [5, 5.41) is 6.91. The molecule has 0 aliphatic heterocycles. The number of rotatable bonds is 11. The molecule has 0 unspecified atom stereocenters. The SMILES string of the molecule is CCNC(=NCc1ccc(OC)c(OC)c1OC)NCC1(CCOC)CCCC1.I. The number of hydrogen-bond donors (Lipinski definition) is 2. The summed E-state index contributed by atoms with van der Waals surface area (Å²) in [6, 6.07) is 3.84. The molecule has 0 spiro atoms. The van der Waals surface area contributed by atoms with Gasteiger partial charge in [0.25, 0.3) is 0 Å². The van der Waals surface area contributed by atoms with Crippen molar-refractivity contribution in [2.24, 2.45) is 10.4 Å². The lowest BCUT2D eigenvalue weighted by Crippen LogP contribution is -2.43. The Morgan fingerprint density at radius 2 is 1.70 bits per heavy atom. The lowest BCUT2D eigenvalue weighted by Gasteiger charge is -2.30. The van der Waals surface area contributed by atoms with E-state index in [0.29, 0.717) is 29.2 Å². The van der Waals surface area contributed by atoms with Crippen LogP contribution in [0, 0.1) is 5.41 Å². The van der Waals surface area contributed by atoms with Crippen molar-refractivity contribution < 1.29 is 18.9 Å². The Morgan fingerprint density at radius 1 is 1.00 bits per heavy atom. The molecule has 0 heterocycles. The highest BCUT2D eigenvalue weighted by Gasteiger charge is 2.33. The highest BCUT2D eigenvalue weighted by atomic mass is 127. The molecule has 8 heteroatoms. The summed E-state index contributed by atoms with van der Waals surface area (Å²) >= 11 is 0. The molecular formula is C22H38IN3O4. The summed E-state index contributed by atoms with van der Waals surface area (Å²) < 4.78 is 21.8. The van der Waals surface area contributed by atoms with E-state index in [1.807, 2.05) is 12.1 Å². The minimum atomic E-state index is 0. The van der Waals surface area contributed by atoms with E-state index >= 15 is 0 Å². The first kappa shape index (κ1) is 26.6. The van der Waals surface area contributed by atoms with Crippen LogP contribution in [0.4, 0.5) is 0 Å². The standard InChI is InChI=1S/C22H37N3O4.HI/c1-6-23-21(25-16-22(13-14-26-2)11-7-8-12-22)24-15-17-9-10-18(27-3)20(29-5)19(17)28-4;/h9-10H,6-8,11-16H2,1-5H3,(H2,23,24,25);1H. The number of guanidine groups is 1. The molecule has 2 N–H and O–H groups in total. The Hall–Kier alpha value is -1.42. The maximum absolute atomic E-state index is 5.57. The number of halogens is 1. The van der Waals surface area contributed by atoms with E-state index in [1.54, 1.807) is 28.4 Å². The van der Waals surface area contributed by atoms with Crippen molar-refractivity contribution in [1.82, 2.24) is 10.6 Å². The summed E-state index contributed by atoms with van der Waals surface area (Å²) in [4.78, 5) is 4.78. The average Bonchev–Trinajstić information content (AvgIpc) is 3.22. The highest BCUT2D eigenvalue weighted by molar-refractivity contribution is 14.0. The number of aliphatic imine (C=N–C) groups is 1. The Morgan fingerprint density at radius 3 is 2.27 bits per heavy atom. The third-order valence-corrected chi connectivity index (χ3v) is 5.67. The van der Waals surface area contributed by atoms with Crippen molar-refractivity contribution in [3.05, 3.63) is 17.7 Å². The van der Waals surface area contributed by atoms with Crippen molar-refractivity contribution in [1.29, 1.82) is 0 Å². The van der Waals surface area contributed by atoms with Crippen LogP contribution in [-0.4, -0.2) is 54.1 Å². The van der Waals surface area contributed by atoms with Gasteiger partial charge in [0.15, 0.2) is 17.5 Å². The average molecular weight is 535 g/mol. The molecule has 0 amide bonds. The molecular weight excluding hydrogens is 497 g/mol. The van der Waals surface area contributed by atoms with Gasteiger partial charge in [-0.1, -0.05) is 12.8 Å². The van der Waals surface area contributed by atoms with Crippen molar-refractivity contribution >= 4 is 29.9 Å². The Balaban J connectivity index is 0.00000450. The lowest BCUT2D eigenvalue weighted by molar-refractivity contribution is 0.138. The Bertz CT molecular complexity index is 664. The molecule has 7 nitrogen and oxygen atoms in total. The lowest BCUT2D eigenvalue weighted by atomic mass is 9.83. The summed E-state index contributed by atoms with van der Waals surface area (Å²) in [6.07, 6.45) is 6.15. The molecule has 0 bridgehead atoms. The summed E-state index contributed by atoms with van der Waals surface area (Å²) in [5.74, 6) is 2.69. The molecule has 1 aliphatic carbocycles. The van der Waals surface area contributed by atoms with Crippen LogP contribution in [0.5, 0.6) is 17.2 Å². The van der Waals surface area contributed by atoms with Gasteiger partial charge in [0, 0.05) is 32.4 Å². The highest BCUT2D eigenvalue weighted by Crippen LogP contribution is 2.41. The summed E-state index contributed by atoms with van der Waals surface area (Å²) in [5.41, 5.74) is 1.24. The van der Waals surface area contributed by atoms with E-state index in [-0.39, 0.29) is 24.0 Å². The van der Waals surface area contributed by atoms with E-state index in [1.165, 1.54) is 25.7 Å². The first-order chi connectivity index (χ1) is 14.1. The predicted molar refractivity (Wildman–Crippen MR) is 132 cm³/mol. The fourth-order valence-corrected chi connectivity index (χ4v) is 4.02. The van der Waals surface area contributed by atoms with E-state index in [4.69, 9.17) is 23.9 Å². The van der Waals surface area contributed by atoms with Crippen LogP contribution >= 0.6 is 24.0 Å². The molecule has 1 aromatic carbocycles. The Kier molecular flexibility index (Phi) is 12.2. The minimum absolute atomic E-state index is 0. The largest absolute Gasteiger partial charge is 0.493 e. The maximum Gasteiger partial charge on any atom is 0.203 e. The molecule has 2 rings (SSSR count). The number of methoxy groups -OCH3 is 4. The summed E-state index contributed by atoms with van der Waals surface area (Å²) in [6.45, 7) is 5.07. The van der Waals surface area contributed by atoms with E-state index in [9.17, 15) is 0 Å². The zero-order chi connectivity index (χ0) is 21.1. The second kappa shape index (κ2) is 13.8. The second-order valence-electron chi connectivity index (χ2n) is 7.49. The third-order valence-electron chi connectivity index (χ3n) is 5.67. The van der Waals surface area contributed by atoms with Crippen molar-refractivity contribution in [2.45, 2.75) is 45.6 Å². The van der Waals surface area contributed by atoms with Crippen molar-refractivity contribution in [3.63, 3.8) is 0 Å². The zero-order valence-electron chi connectivity index (χ0n) is 19.0. The van der Waals surface area contributed by atoms with E-state index in [2.05, 4.69) is 17.6 Å². The zero-order valence-corrected chi connectivity index (χ0v) is 21.3. The molecule has 172 valence electrons. The van der Waals surface area contributed by atoms with Gasteiger partial charge >= 0.3 is 0 Å². The normalized spacial score (nSPS) is 15.3. The minimum Gasteiger partial charge on any atom is -0.493 e. The Labute approximate surface area is 198 Å². The van der Waals surface area contributed by atoms with Gasteiger partial charge in [-0.15, -0.1) is 24.0 Å². The van der Waals surface area contributed by atoms with Crippen LogP contribution in [0.1, 0.15) is 44.6 Å². The molecule has 1 aliphatic rings. The van der Waals surface area contributed by atoms with Gasteiger partial charge in [0.05, 0.1) is 27.9 Å². The van der Waals surface area contributed by atoms with Crippen LogP contribution in [0.15, 0.2) is 17.1 Å². The van der Waals surface area contributed by atoms with Crippen LogP contribution in [0.2, 0.25) is 0 Å². The van der Waals surface area contributed by atoms with Crippen LogP contribution in [0.3, 0.4) is 0 Å². The molecule has 0 atom stereocenters. The van der Waals surface area contributed by atoms with Crippen molar-refractivity contribution in [2.75, 3.05) is 48.1 Å². The second-order valence-corrected chi connectivity index (χ2v) is 7.49. The van der Waals surface area contributed by atoms with Crippen LogP contribution < -0.4 is 24.8 Å². The molecule has 0 saturated heterocycles. The first-order valence-electron chi connectivity index (χ1n) is 10.4. The van der Waals surface area contributed by atoms with Crippen molar-refractivity contribution in [3.8, 4) is 17.2 Å². The van der Waals surface area contributed by atoms with Gasteiger partial charge in [-0.05, 0) is 43.7 Å². The number of benzene rings is 1. The van der Waals surface area contributed by atoms with E-state index in [0.717, 1.165) is 37.6 Å².